The Balaban J connectivity index is 1.99. The molecule has 1 N–H and O–H groups in total. The number of aryl methyl sites for hydroxylation is 1. The van der Waals surface area contributed by atoms with Gasteiger partial charge in [-0.3, -0.25) is 0 Å². The first-order valence-corrected chi connectivity index (χ1v) is 6.73. The molecule has 1 atom stereocenters. The Morgan fingerprint density at radius 2 is 1.93 bits per heavy atom. The summed E-state index contributed by atoms with van der Waals surface area (Å²) in [5.41, 5.74) is -0.682. The van der Waals surface area contributed by atoms with E-state index in [0.717, 1.165) is 17.7 Å². The Morgan fingerprint density at radius 3 is 2.53 bits per heavy atom. The second kappa shape index (κ2) is 4.47. The minimum absolute atomic E-state index is 0.682. The summed E-state index contributed by atoms with van der Waals surface area (Å²) in [6.45, 7) is 1.90. The quantitative estimate of drug-likeness (QED) is 0.862. The molecule has 0 aliphatic rings. The van der Waals surface area contributed by atoms with Crippen molar-refractivity contribution in [3.63, 3.8) is 0 Å². The first-order chi connectivity index (χ1) is 7.18. The Morgan fingerprint density at radius 1 is 1.20 bits per heavy atom. The first-order valence-electron chi connectivity index (χ1n) is 4.97. The molecule has 0 saturated heterocycles. The highest BCUT2D eigenvalue weighted by Gasteiger charge is 2.23. The monoisotopic (exact) mass is 238 g/mol. The molecule has 0 bridgehead atoms. The van der Waals surface area contributed by atoms with Crippen LogP contribution in [0.2, 0.25) is 0 Å². The van der Waals surface area contributed by atoms with Gasteiger partial charge in [-0.05, 0) is 42.7 Å². The highest BCUT2D eigenvalue weighted by Crippen LogP contribution is 2.30. The molecule has 0 aliphatic carbocycles. The van der Waals surface area contributed by atoms with Crippen molar-refractivity contribution in [2.45, 2.75) is 25.4 Å². The Hall–Kier alpha value is -0.640. The zero-order chi connectivity index (χ0) is 10.7. The van der Waals surface area contributed by atoms with Gasteiger partial charge in [-0.2, -0.15) is 0 Å². The van der Waals surface area contributed by atoms with Crippen molar-refractivity contribution < 1.29 is 5.11 Å². The molecule has 2 heterocycles. The normalized spacial score (nSPS) is 15.1. The van der Waals surface area contributed by atoms with Crippen molar-refractivity contribution in [1.29, 1.82) is 0 Å². The fraction of sp³-hybridized carbons (Fsp3) is 0.333. The van der Waals surface area contributed by atoms with Crippen LogP contribution in [-0.2, 0) is 12.0 Å². The summed E-state index contributed by atoms with van der Waals surface area (Å²) in [7, 11) is 0. The van der Waals surface area contributed by atoms with Crippen LogP contribution in [0.4, 0.5) is 0 Å². The van der Waals surface area contributed by atoms with Crippen LogP contribution < -0.4 is 0 Å². The molecule has 2 aromatic rings. The van der Waals surface area contributed by atoms with E-state index < -0.39 is 5.60 Å². The van der Waals surface area contributed by atoms with Crippen molar-refractivity contribution in [3.8, 4) is 0 Å². The highest BCUT2D eigenvalue weighted by molar-refractivity contribution is 7.10. The lowest BCUT2D eigenvalue weighted by molar-refractivity contribution is 0.0521. The average Bonchev–Trinajstić information content (AvgIpc) is 2.88. The van der Waals surface area contributed by atoms with Gasteiger partial charge in [0, 0.05) is 9.75 Å². The summed E-state index contributed by atoms with van der Waals surface area (Å²) in [5, 5.41) is 14.4. The van der Waals surface area contributed by atoms with E-state index in [-0.39, 0.29) is 0 Å². The van der Waals surface area contributed by atoms with Gasteiger partial charge in [0.15, 0.2) is 0 Å². The van der Waals surface area contributed by atoms with E-state index in [2.05, 4.69) is 17.5 Å². The summed E-state index contributed by atoms with van der Waals surface area (Å²) in [6, 6.07) is 8.16. The van der Waals surface area contributed by atoms with Crippen molar-refractivity contribution in [1.82, 2.24) is 0 Å². The molecule has 15 heavy (non-hydrogen) atoms. The fourth-order valence-electron chi connectivity index (χ4n) is 1.53. The molecule has 3 heteroatoms. The topological polar surface area (TPSA) is 20.2 Å². The standard InChI is InChI=1S/C12H14OS2/c1-12(13,11-5-3-9-15-11)7-6-10-4-2-8-14-10/h2-5,8-9,13H,6-7H2,1H3. The Labute approximate surface area is 98.0 Å². The third kappa shape index (κ3) is 2.68. The smallest absolute Gasteiger partial charge is 0.0963 e. The van der Waals surface area contributed by atoms with E-state index in [9.17, 15) is 5.11 Å². The average molecular weight is 238 g/mol. The largest absolute Gasteiger partial charge is 0.385 e. The molecule has 1 nitrogen and oxygen atoms in total. The SMILES string of the molecule is CC(O)(CCc1cccs1)c1cccs1. The van der Waals surface area contributed by atoms with E-state index in [1.54, 1.807) is 22.7 Å². The van der Waals surface area contributed by atoms with Gasteiger partial charge < -0.3 is 5.11 Å². The van der Waals surface area contributed by atoms with Gasteiger partial charge in [-0.15, -0.1) is 22.7 Å². The number of thiophene rings is 2. The molecule has 80 valence electrons. The van der Waals surface area contributed by atoms with Crippen LogP contribution in [0.3, 0.4) is 0 Å². The molecule has 0 saturated carbocycles. The fourth-order valence-corrected chi connectivity index (χ4v) is 3.06. The van der Waals surface area contributed by atoms with Crippen LogP contribution in [0.1, 0.15) is 23.1 Å². The maximum absolute atomic E-state index is 10.3. The molecule has 1 unspecified atom stereocenters. The maximum Gasteiger partial charge on any atom is 0.0963 e. The van der Waals surface area contributed by atoms with E-state index in [1.165, 1.54) is 4.88 Å². The summed E-state index contributed by atoms with van der Waals surface area (Å²) in [5.74, 6) is 0. The Kier molecular flexibility index (Phi) is 3.24. The molecule has 0 amide bonds. The number of hydrogen-bond acceptors (Lipinski definition) is 3. The summed E-state index contributed by atoms with van der Waals surface area (Å²) in [4.78, 5) is 2.39. The van der Waals surface area contributed by atoms with Crippen LogP contribution in [0.15, 0.2) is 35.0 Å². The minimum Gasteiger partial charge on any atom is -0.385 e. The van der Waals surface area contributed by atoms with E-state index in [1.807, 2.05) is 24.4 Å². The van der Waals surface area contributed by atoms with Crippen molar-refractivity contribution in [2.75, 3.05) is 0 Å². The van der Waals surface area contributed by atoms with E-state index in [4.69, 9.17) is 0 Å². The van der Waals surface area contributed by atoms with Gasteiger partial charge in [0.05, 0.1) is 5.60 Å². The summed E-state index contributed by atoms with van der Waals surface area (Å²) in [6.07, 6.45) is 1.73. The lowest BCUT2D eigenvalue weighted by Gasteiger charge is -2.21. The Bertz CT molecular complexity index is 387. The van der Waals surface area contributed by atoms with Gasteiger partial charge >= 0.3 is 0 Å². The second-order valence-electron chi connectivity index (χ2n) is 3.83. The molecule has 2 aromatic heterocycles. The number of aliphatic hydroxyl groups is 1. The lowest BCUT2D eigenvalue weighted by Crippen LogP contribution is -2.20. The van der Waals surface area contributed by atoms with Crippen LogP contribution >= 0.6 is 22.7 Å². The summed E-state index contributed by atoms with van der Waals surface area (Å²) < 4.78 is 0. The van der Waals surface area contributed by atoms with Crippen LogP contribution in [0.25, 0.3) is 0 Å². The van der Waals surface area contributed by atoms with Gasteiger partial charge in [0.25, 0.3) is 0 Å². The molecule has 0 fully saturated rings. The lowest BCUT2D eigenvalue weighted by atomic mass is 9.98. The molecule has 0 aromatic carbocycles. The molecular weight excluding hydrogens is 224 g/mol. The van der Waals surface area contributed by atoms with Crippen LogP contribution in [0.5, 0.6) is 0 Å². The number of rotatable bonds is 4. The predicted octanol–water partition coefficient (Wildman–Crippen LogP) is 3.65. The van der Waals surface area contributed by atoms with Gasteiger partial charge in [-0.25, -0.2) is 0 Å². The third-order valence-corrected chi connectivity index (χ3v) is 4.55. The number of hydrogen-bond donors (Lipinski definition) is 1. The summed E-state index contributed by atoms with van der Waals surface area (Å²) >= 11 is 3.37. The molecule has 0 radical (unpaired) electrons. The molecular formula is C12H14OS2. The molecule has 0 aliphatic heterocycles. The van der Waals surface area contributed by atoms with Crippen molar-refractivity contribution in [3.05, 3.63) is 44.8 Å². The van der Waals surface area contributed by atoms with E-state index in [0.29, 0.717) is 0 Å². The zero-order valence-electron chi connectivity index (χ0n) is 8.64. The zero-order valence-corrected chi connectivity index (χ0v) is 10.3. The van der Waals surface area contributed by atoms with Crippen LogP contribution in [-0.4, -0.2) is 5.11 Å². The molecule has 2 rings (SSSR count). The van der Waals surface area contributed by atoms with Gasteiger partial charge in [0.1, 0.15) is 0 Å². The van der Waals surface area contributed by atoms with Crippen LogP contribution in [0, 0.1) is 0 Å². The van der Waals surface area contributed by atoms with Crippen molar-refractivity contribution >= 4 is 22.7 Å². The van der Waals surface area contributed by atoms with Crippen molar-refractivity contribution in [2.24, 2.45) is 0 Å². The molecule has 0 spiro atoms. The third-order valence-electron chi connectivity index (χ3n) is 2.49. The van der Waals surface area contributed by atoms with Gasteiger partial charge in [-0.1, -0.05) is 12.1 Å². The predicted molar refractivity (Wildman–Crippen MR) is 66.5 cm³/mol. The van der Waals surface area contributed by atoms with Gasteiger partial charge in [0.2, 0.25) is 0 Å². The van der Waals surface area contributed by atoms with E-state index >= 15 is 0 Å². The second-order valence-corrected chi connectivity index (χ2v) is 5.81. The first kappa shape index (κ1) is 10.9. The minimum atomic E-state index is -0.682. The highest BCUT2D eigenvalue weighted by atomic mass is 32.1. The maximum atomic E-state index is 10.3.